The van der Waals surface area contributed by atoms with Crippen LogP contribution in [0.3, 0.4) is 0 Å². The van der Waals surface area contributed by atoms with Crippen molar-refractivity contribution in [1.29, 1.82) is 0 Å². The molecule has 0 spiro atoms. The predicted octanol–water partition coefficient (Wildman–Crippen LogP) is 6.72. The zero-order valence-electron chi connectivity index (χ0n) is 19.5. The highest BCUT2D eigenvalue weighted by molar-refractivity contribution is 7.98. The Hall–Kier alpha value is -3.04. The Morgan fingerprint density at radius 2 is 1.83 bits per heavy atom. The van der Waals surface area contributed by atoms with E-state index in [0.717, 1.165) is 35.8 Å². The molecule has 4 rings (SSSR count). The minimum atomic E-state index is -1.08. The lowest BCUT2D eigenvalue weighted by Gasteiger charge is -2.14. The summed E-state index contributed by atoms with van der Waals surface area (Å²) in [6, 6.07) is 18.5. The minimum absolute atomic E-state index is 0.169. The number of halogens is 2. The summed E-state index contributed by atoms with van der Waals surface area (Å²) < 4.78 is 20.3. The summed E-state index contributed by atoms with van der Waals surface area (Å²) in [5.74, 6) is 0.204. The number of nitrogens with one attached hydrogen (secondary N) is 1. The van der Waals surface area contributed by atoms with Crippen molar-refractivity contribution in [2.75, 3.05) is 13.1 Å². The van der Waals surface area contributed by atoms with E-state index in [0.29, 0.717) is 22.8 Å². The summed E-state index contributed by atoms with van der Waals surface area (Å²) in [5, 5.41) is 19.9. The van der Waals surface area contributed by atoms with Gasteiger partial charge in [0.1, 0.15) is 29.5 Å². The van der Waals surface area contributed by atoms with Crippen LogP contribution < -0.4 is 10.1 Å². The van der Waals surface area contributed by atoms with Crippen molar-refractivity contribution < 1.29 is 29.2 Å². The summed E-state index contributed by atoms with van der Waals surface area (Å²) in [6.45, 7) is 4.99. The SMILES string of the molecule is C=C(CC(=O)O)OO.Fc1cc(Oc2ccccc2)ccc1CSc1c(Cl)ccc2c1CCNCC2. The van der Waals surface area contributed by atoms with Crippen LogP contribution in [0.5, 0.6) is 11.5 Å². The lowest BCUT2D eigenvalue weighted by molar-refractivity contribution is -0.206. The molecule has 36 heavy (non-hydrogen) atoms. The highest BCUT2D eigenvalue weighted by atomic mass is 35.5. The number of rotatable bonds is 8. The monoisotopic (exact) mass is 531 g/mol. The molecule has 1 aliphatic rings. The van der Waals surface area contributed by atoms with Crippen LogP contribution in [-0.2, 0) is 28.3 Å². The quantitative estimate of drug-likeness (QED) is 0.129. The molecular weight excluding hydrogens is 505 g/mol. The summed E-state index contributed by atoms with van der Waals surface area (Å²) >= 11 is 8.09. The lowest BCUT2D eigenvalue weighted by Crippen LogP contribution is -2.16. The normalized spacial score (nSPS) is 12.4. The van der Waals surface area contributed by atoms with Crippen LogP contribution in [0.2, 0.25) is 5.02 Å². The van der Waals surface area contributed by atoms with Gasteiger partial charge in [0.05, 0.1) is 5.02 Å². The first-order valence-electron chi connectivity index (χ1n) is 11.2. The van der Waals surface area contributed by atoms with E-state index in [9.17, 15) is 9.18 Å². The van der Waals surface area contributed by atoms with Gasteiger partial charge in [-0.15, -0.1) is 11.8 Å². The third kappa shape index (κ3) is 8.27. The third-order valence-electron chi connectivity index (χ3n) is 5.29. The number of aliphatic carboxylic acids is 1. The third-order valence-corrected chi connectivity index (χ3v) is 6.92. The molecule has 0 unspecified atom stereocenters. The summed E-state index contributed by atoms with van der Waals surface area (Å²) in [5.41, 5.74) is 3.28. The van der Waals surface area contributed by atoms with E-state index in [1.807, 2.05) is 42.5 Å². The molecule has 9 heteroatoms. The van der Waals surface area contributed by atoms with Crippen molar-refractivity contribution >= 4 is 29.3 Å². The van der Waals surface area contributed by atoms with Crippen molar-refractivity contribution in [3.63, 3.8) is 0 Å². The Bertz CT molecular complexity index is 1190. The number of thioether (sulfide) groups is 1. The highest BCUT2D eigenvalue weighted by Gasteiger charge is 2.16. The van der Waals surface area contributed by atoms with Gasteiger partial charge in [-0.1, -0.05) is 48.5 Å². The molecule has 0 atom stereocenters. The van der Waals surface area contributed by atoms with E-state index in [4.69, 9.17) is 26.7 Å². The lowest BCUT2D eigenvalue weighted by atomic mass is 10.0. The molecule has 190 valence electrons. The Balaban J connectivity index is 0.000000392. The molecule has 0 saturated heterocycles. The van der Waals surface area contributed by atoms with Crippen LogP contribution in [0.15, 0.2) is 77.9 Å². The van der Waals surface area contributed by atoms with E-state index >= 15 is 0 Å². The highest BCUT2D eigenvalue weighted by Crippen LogP contribution is 2.36. The molecule has 6 nitrogen and oxygen atoms in total. The van der Waals surface area contributed by atoms with Crippen LogP contribution in [0.4, 0.5) is 4.39 Å². The Kier molecular flexibility index (Phi) is 10.6. The van der Waals surface area contributed by atoms with Gasteiger partial charge < -0.3 is 20.0 Å². The van der Waals surface area contributed by atoms with Crippen LogP contribution in [0.25, 0.3) is 0 Å². The molecule has 3 aromatic carbocycles. The number of fused-ring (bicyclic) bond motifs is 1. The van der Waals surface area contributed by atoms with Crippen LogP contribution in [-0.4, -0.2) is 29.4 Å². The molecule has 1 heterocycles. The van der Waals surface area contributed by atoms with Gasteiger partial charge in [-0.2, -0.15) is 0 Å². The van der Waals surface area contributed by atoms with Crippen LogP contribution in [0.1, 0.15) is 23.1 Å². The van der Waals surface area contributed by atoms with E-state index in [2.05, 4.69) is 22.8 Å². The molecule has 0 radical (unpaired) electrons. The fraction of sp³-hybridized carbons (Fsp3) is 0.222. The number of para-hydroxylation sites is 1. The second kappa shape index (κ2) is 13.9. The van der Waals surface area contributed by atoms with Crippen molar-refractivity contribution in [2.24, 2.45) is 0 Å². The van der Waals surface area contributed by atoms with Gasteiger partial charge in [0, 0.05) is 16.7 Å². The second-order valence-electron chi connectivity index (χ2n) is 7.92. The zero-order valence-corrected chi connectivity index (χ0v) is 21.1. The van der Waals surface area contributed by atoms with Gasteiger partial charge in [0.15, 0.2) is 0 Å². The van der Waals surface area contributed by atoms with Gasteiger partial charge in [0.25, 0.3) is 0 Å². The summed E-state index contributed by atoms with van der Waals surface area (Å²) in [4.78, 5) is 14.3. The van der Waals surface area contributed by atoms with Gasteiger partial charge >= 0.3 is 5.97 Å². The number of carboxylic acids is 1. The molecule has 0 aromatic heterocycles. The van der Waals surface area contributed by atoms with Gasteiger partial charge in [-0.05, 0) is 66.9 Å². The van der Waals surface area contributed by atoms with Crippen molar-refractivity contribution in [3.8, 4) is 11.5 Å². The number of hydrogen-bond acceptors (Lipinski definition) is 6. The first-order valence-corrected chi connectivity index (χ1v) is 12.6. The van der Waals surface area contributed by atoms with Crippen LogP contribution in [0, 0.1) is 5.82 Å². The number of carboxylic acid groups (broad SMARTS) is 1. The average molecular weight is 532 g/mol. The maximum Gasteiger partial charge on any atom is 0.311 e. The molecule has 0 amide bonds. The molecule has 3 N–H and O–H groups in total. The van der Waals surface area contributed by atoms with E-state index in [-0.39, 0.29) is 18.0 Å². The number of benzene rings is 3. The first kappa shape index (κ1) is 27.5. The maximum atomic E-state index is 14.6. The zero-order chi connectivity index (χ0) is 25.9. The van der Waals surface area contributed by atoms with Crippen molar-refractivity contribution in [1.82, 2.24) is 5.32 Å². The first-order chi connectivity index (χ1) is 17.4. The molecule has 3 aromatic rings. The van der Waals surface area contributed by atoms with Crippen molar-refractivity contribution in [2.45, 2.75) is 29.9 Å². The van der Waals surface area contributed by atoms with E-state index in [1.54, 1.807) is 17.8 Å². The van der Waals surface area contributed by atoms with Crippen LogP contribution >= 0.6 is 23.4 Å². The fourth-order valence-corrected chi connectivity index (χ4v) is 5.04. The molecule has 0 fully saturated rings. The van der Waals surface area contributed by atoms with Gasteiger partial charge in [-0.3, -0.25) is 4.79 Å². The predicted molar refractivity (Wildman–Crippen MR) is 139 cm³/mol. The Labute approximate surface area is 218 Å². The molecule has 0 bridgehead atoms. The Morgan fingerprint density at radius 1 is 1.08 bits per heavy atom. The smallest absolute Gasteiger partial charge is 0.311 e. The molecule has 1 aliphatic heterocycles. The molecule has 0 aliphatic carbocycles. The number of carbonyl (C=O) groups is 1. The fourth-order valence-electron chi connectivity index (χ4n) is 3.55. The van der Waals surface area contributed by atoms with Gasteiger partial charge in [-0.25, -0.2) is 9.65 Å². The van der Waals surface area contributed by atoms with E-state index in [1.165, 1.54) is 17.2 Å². The number of hydrogen-bond donors (Lipinski definition) is 3. The van der Waals surface area contributed by atoms with E-state index < -0.39 is 5.97 Å². The average Bonchev–Trinajstić information content (AvgIpc) is 3.11. The summed E-state index contributed by atoms with van der Waals surface area (Å²) in [6.07, 6.45) is 1.58. The molecular formula is C27H27ClFNO5S. The number of ether oxygens (including phenoxy) is 1. The molecule has 0 saturated carbocycles. The Morgan fingerprint density at radius 3 is 2.50 bits per heavy atom. The minimum Gasteiger partial charge on any atom is -0.481 e. The maximum absolute atomic E-state index is 14.6. The standard InChI is InChI=1S/C23H21ClFNOS.C4H6O4/c24-21-9-7-16-10-12-26-13-11-20(16)23(21)28-15-17-6-8-19(14-22(17)25)27-18-4-2-1-3-5-18;1-3(8-7)2-4(5)6/h1-9,14,26H,10-13,15H2;7H,1-2H2,(H,5,6). The summed E-state index contributed by atoms with van der Waals surface area (Å²) in [7, 11) is 0. The topological polar surface area (TPSA) is 88.0 Å². The second-order valence-corrected chi connectivity index (χ2v) is 9.31. The van der Waals surface area contributed by atoms with Crippen molar-refractivity contribution in [3.05, 3.63) is 101 Å². The van der Waals surface area contributed by atoms with Gasteiger partial charge in [0.2, 0.25) is 0 Å². The largest absolute Gasteiger partial charge is 0.481 e.